The predicted molar refractivity (Wildman–Crippen MR) is 120 cm³/mol. The van der Waals surface area contributed by atoms with E-state index < -0.39 is 0 Å². The summed E-state index contributed by atoms with van der Waals surface area (Å²) in [6.45, 7) is 4.85. The molecule has 154 valence electrons. The number of fused-ring (bicyclic) bond motifs is 1. The van der Waals surface area contributed by atoms with E-state index in [0.29, 0.717) is 12.5 Å². The summed E-state index contributed by atoms with van der Waals surface area (Å²) in [5, 5.41) is 12.3. The van der Waals surface area contributed by atoms with E-state index in [1.54, 1.807) is 16.9 Å². The van der Waals surface area contributed by atoms with Crippen molar-refractivity contribution < 1.29 is 0 Å². The number of hydrogen-bond acceptors (Lipinski definition) is 6. The molecule has 0 radical (unpaired) electrons. The molecule has 1 N–H and O–H groups in total. The highest BCUT2D eigenvalue weighted by molar-refractivity contribution is 9.10. The monoisotopic (exact) mass is 466 g/mol. The SMILES string of the molecule is CC1CCN(c2nc(NCc3ccccc3-n3cccn3)n3ncc(Br)c3n2)CC1. The van der Waals surface area contributed by atoms with Crippen LogP contribution in [-0.4, -0.2) is 42.5 Å². The molecular weight excluding hydrogens is 444 g/mol. The zero-order valence-electron chi connectivity index (χ0n) is 16.7. The Morgan fingerprint density at radius 1 is 1.10 bits per heavy atom. The van der Waals surface area contributed by atoms with Crippen LogP contribution in [0, 0.1) is 5.92 Å². The Morgan fingerprint density at radius 3 is 2.73 bits per heavy atom. The van der Waals surface area contributed by atoms with Crippen LogP contribution in [0.1, 0.15) is 25.3 Å². The van der Waals surface area contributed by atoms with Gasteiger partial charge >= 0.3 is 0 Å². The number of benzene rings is 1. The molecule has 3 aromatic heterocycles. The van der Waals surface area contributed by atoms with E-state index in [2.05, 4.69) is 55.4 Å². The van der Waals surface area contributed by atoms with E-state index in [9.17, 15) is 0 Å². The maximum atomic E-state index is 4.83. The first kappa shape index (κ1) is 19.0. The lowest BCUT2D eigenvalue weighted by molar-refractivity contribution is 0.434. The standard InChI is InChI=1S/C21H23BrN8/c1-15-7-11-28(12-8-15)21-26-19-17(22)14-25-30(19)20(27-21)23-13-16-5-2-3-6-18(16)29-10-4-9-24-29/h2-6,9-10,14-15H,7-8,11-13H2,1H3,(H,23,26,27). The van der Waals surface area contributed by atoms with Crippen molar-refractivity contribution in [2.45, 2.75) is 26.3 Å². The Balaban J connectivity index is 1.46. The molecule has 0 atom stereocenters. The minimum Gasteiger partial charge on any atom is -0.350 e. The summed E-state index contributed by atoms with van der Waals surface area (Å²) in [5.41, 5.74) is 2.92. The number of para-hydroxylation sites is 1. The molecular formula is C21H23BrN8. The Morgan fingerprint density at radius 2 is 1.93 bits per heavy atom. The van der Waals surface area contributed by atoms with Crippen LogP contribution >= 0.6 is 15.9 Å². The van der Waals surface area contributed by atoms with Gasteiger partial charge in [0.05, 0.1) is 16.4 Å². The van der Waals surface area contributed by atoms with E-state index in [-0.39, 0.29) is 0 Å². The lowest BCUT2D eigenvalue weighted by atomic mass is 10.00. The maximum Gasteiger partial charge on any atom is 0.230 e. The molecule has 0 spiro atoms. The van der Waals surface area contributed by atoms with Crippen LogP contribution in [0.15, 0.2) is 53.4 Å². The molecule has 4 heterocycles. The van der Waals surface area contributed by atoms with Gasteiger partial charge in [-0.1, -0.05) is 25.1 Å². The highest BCUT2D eigenvalue weighted by atomic mass is 79.9. The number of aromatic nitrogens is 6. The lowest BCUT2D eigenvalue weighted by Gasteiger charge is -2.30. The van der Waals surface area contributed by atoms with Crippen molar-refractivity contribution >= 4 is 33.5 Å². The maximum absolute atomic E-state index is 4.83. The summed E-state index contributed by atoms with van der Waals surface area (Å²) in [6.07, 6.45) is 7.81. The molecule has 9 heteroatoms. The van der Waals surface area contributed by atoms with Crippen LogP contribution in [0.2, 0.25) is 0 Å². The Hall–Kier alpha value is -2.94. The molecule has 1 fully saturated rings. The molecule has 0 saturated carbocycles. The largest absolute Gasteiger partial charge is 0.350 e. The van der Waals surface area contributed by atoms with Crippen LogP contribution in [0.4, 0.5) is 11.9 Å². The third kappa shape index (κ3) is 3.65. The molecule has 1 aromatic carbocycles. The fourth-order valence-electron chi connectivity index (χ4n) is 3.77. The fourth-order valence-corrected chi connectivity index (χ4v) is 4.12. The first-order valence-corrected chi connectivity index (χ1v) is 11.0. The molecule has 5 rings (SSSR count). The third-order valence-electron chi connectivity index (χ3n) is 5.56. The van der Waals surface area contributed by atoms with Crippen molar-refractivity contribution in [2.75, 3.05) is 23.3 Å². The molecule has 8 nitrogen and oxygen atoms in total. The van der Waals surface area contributed by atoms with Crippen molar-refractivity contribution in [3.8, 4) is 5.69 Å². The summed E-state index contributed by atoms with van der Waals surface area (Å²) in [6, 6.07) is 10.1. The topological polar surface area (TPSA) is 76.2 Å². The van der Waals surface area contributed by atoms with Gasteiger partial charge < -0.3 is 10.2 Å². The van der Waals surface area contributed by atoms with Gasteiger partial charge in [0.15, 0.2) is 5.65 Å². The lowest BCUT2D eigenvalue weighted by Crippen LogP contribution is -2.34. The summed E-state index contributed by atoms with van der Waals surface area (Å²) in [5.74, 6) is 2.18. The van der Waals surface area contributed by atoms with Gasteiger partial charge in [0.25, 0.3) is 0 Å². The summed E-state index contributed by atoms with van der Waals surface area (Å²) < 4.78 is 4.48. The second-order valence-corrected chi connectivity index (χ2v) is 8.53. The number of halogens is 1. The fraction of sp³-hybridized carbons (Fsp3) is 0.333. The van der Waals surface area contributed by atoms with Gasteiger partial charge in [-0.25, -0.2) is 4.68 Å². The molecule has 30 heavy (non-hydrogen) atoms. The van der Waals surface area contributed by atoms with Gasteiger partial charge in [0.1, 0.15) is 0 Å². The molecule has 4 aromatic rings. The van der Waals surface area contributed by atoms with Crippen LogP contribution < -0.4 is 10.2 Å². The molecule has 1 aliphatic rings. The quantitative estimate of drug-likeness (QED) is 0.480. The number of piperidine rings is 1. The average molecular weight is 467 g/mol. The second kappa shape index (κ2) is 8.06. The number of rotatable bonds is 5. The normalized spacial score (nSPS) is 15.1. The van der Waals surface area contributed by atoms with Crippen LogP contribution in [-0.2, 0) is 6.54 Å². The molecule has 0 aliphatic carbocycles. The number of hydrogen-bond donors (Lipinski definition) is 1. The van der Waals surface area contributed by atoms with Crippen molar-refractivity contribution in [2.24, 2.45) is 5.92 Å². The Labute approximate surface area is 183 Å². The number of nitrogens with one attached hydrogen (secondary N) is 1. The number of nitrogens with zero attached hydrogens (tertiary/aromatic N) is 7. The number of anilines is 2. The van der Waals surface area contributed by atoms with E-state index >= 15 is 0 Å². The minimum atomic E-state index is 0.593. The average Bonchev–Trinajstić information content (AvgIpc) is 3.43. The van der Waals surface area contributed by atoms with Crippen LogP contribution in [0.3, 0.4) is 0 Å². The highest BCUT2D eigenvalue weighted by Crippen LogP contribution is 2.25. The highest BCUT2D eigenvalue weighted by Gasteiger charge is 2.21. The summed E-state index contributed by atoms with van der Waals surface area (Å²) in [4.78, 5) is 11.9. The Kier molecular flexibility index (Phi) is 5.12. The molecule has 1 saturated heterocycles. The van der Waals surface area contributed by atoms with Crippen molar-refractivity contribution in [3.63, 3.8) is 0 Å². The van der Waals surface area contributed by atoms with E-state index in [1.807, 2.05) is 29.1 Å². The zero-order valence-corrected chi connectivity index (χ0v) is 18.3. The van der Waals surface area contributed by atoms with Crippen LogP contribution in [0.5, 0.6) is 0 Å². The van der Waals surface area contributed by atoms with Gasteiger partial charge in [0, 0.05) is 32.0 Å². The van der Waals surface area contributed by atoms with Gasteiger partial charge in [-0.3, -0.25) is 0 Å². The first-order chi connectivity index (χ1) is 14.7. The molecule has 0 bridgehead atoms. The summed E-state index contributed by atoms with van der Waals surface area (Å²) in [7, 11) is 0. The summed E-state index contributed by atoms with van der Waals surface area (Å²) >= 11 is 3.57. The first-order valence-electron chi connectivity index (χ1n) is 10.2. The van der Waals surface area contributed by atoms with Gasteiger partial charge in [-0.15, -0.1) is 0 Å². The molecule has 0 unspecified atom stereocenters. The third-order valence-corrected chi connectivity index (χ3v) is 6.12. The van der Waals surface area contributed by atoms with E-state index in [4.69, 9.17) is 9.97 Å². The smallest absolute Gasteiger partial charge is 0.230 e. The molecule has 0 amide bonds. The van der Waals surface area contributed by atoms with Gasteiger partial charge in [-0.05, 0) is 52.4 Å². The van der Waals surface area contributed by atoms with Crippen LogP contribution in [0.25, 0.3) is 11.3 Å². The van der Waals surface area contributed by atoms with Gasteiger partial charge in [0.2, 0.25) is 11.9 Å². The molecule has 1 aliphatic heterocycles. The van der Waals surface area contributed by atoms with Gasteiger partial charge in [-0.2, -0.15) is 24.7 Å². The van der Waals surface area contributed by atoms with E-state index in [0.717, 1.165) is 59.2 Å². The van der Waals surface area contributed by atoms with Crippen molar-refractivity contribution in [3.05, 3.63) is 59.0 Å². The Bertz CT molecular complexity index is 1150. The van der Waals surface area contributed by atoms with E-state index in [1.165, 1.54) is 0 Å². The van der Waals surface area contributed by atoms with Crippen molar-refractivity contribution in [1.82, 2.24) is 29.4 Å². The second-order valence-electron chi connectivity index (χ2n) is 7.68. The zero-order chi connectivity index (χ0) is 20.5. The predicted octanol–water partition coefficient (Wildman–Crippen LogP) is 3.92. The minimum absolute atomic E-state index is 0.593. The van der Waals surface area contributed by atoms with Crippen molar-refractivity contribution in [1.29, 1.82) is 0 Å².